The van der Waals surface area contributed by atoms with Crippen LogP contribution in [0, 0.1) is 11.8 Å². The van der Waals surface area contributed by atoms with E-state index in [0.717, 1.165) is 18.8 Å². The lowest BCUT2D eigenvalue weighted by Crippen LogP contribution is -2.49. The molecule has 1 heterocycles. The van der Waals surface area contributed by atoms with Gasteiger partial charge in [0, 0.05) is 31.9 Å². The normalized spacial score (nSPS) is 20.6. The summed E-state index contributed by atoms with van der Waals surface area (Å²) in [4.78, 5) is 41.7. The number of rotatable bonds is 5. The molecule has 7 nitrogen and oxygen atoms in total. The molecule has 2 aliphatic rings. The second-order valence-corrected chi connectivity index (χ2v) is 8.14. The summed E-state index contributed by atoms with van der Waals surface area (Å²) in [5.74, 6) is -2.89. The van der Waals surface area contributed by atoms with Crippen molar-refractivity contribution in [2.45, 2.75) is 12.8 Å². The first-order valence-electron chi connectivity index (χ1n) is 10.9. The van der Waals surface area contributed by atoms with Gasteiger partial charge in [0.15, 0.2) is 0 Å². The minimum Gasteiger partial charge on any atom is -0.481 e. The highest BCUT2D eigenvalue weighted by atomic mass is 16.4. The number of amides is 2. The van der Waals surface area contributed by atoms with Crippen LogP contribution >= 0.6 is 0 Å². The van der Waals surface area contributed by atoms with Crippen molar-refractivity contribution in [3.63, 3.8) is 0 Å². The van der Waals surface area contributed by atoms with Crippen LogP contribution in [0.2, 0.25) is 0 Å². The maximum atomic E-state index is 13.2. The van der Waals surface area contributed by atoms with E-state index >= 15 is 0 Å². The molecule has 4 rings (SSSR count). The summed E-state index contributed by atoms with van der Waals surface area (Å²) in [5.41, 5.74) is 1.99. The van der Waals surface area contributed by atoms with Gasteiger partial charge >= 0.3 is 5.97 Å². The van der Waals surface area contributed by atoms with Crippen LogP contribution in [0.25, 0.3) is 0 Å². The van der Waals surface area contributed by atoms with Gasteiger partial charge in [-0.05, 0) is 37.1 Å². The van der Waals surface area contributed by atoms with Crippen LogP contribution in [-0.2, 0) is 9.59 Å². The third-order valence-corrected chi connectivity index (χ3v) is 6.19. The van der Waals surface area contributed by atoms with Gasteiger partial charge in [0.2, 0.25) is 5.91 Å². The van der Waals surface area contributed by atoms with E-state index in [1.54, 1.807) is 35.2 Å². The molecular formula is C25H27N3O4. The lowest BCUT2D eigenvalue weighted by molar-refractivity contribution is -0.146. The van der Waals surface area contributed by atoms with Gasteiger partial charge in [0.1, 0.15) is 0 Å². The number of hydrogen-bond donors (Lipinski definition) is 2. The molecule has 1 saturated heterocycles. The van der Waals surface area contributed by atoms with Crippen LogP contribution in [-0.4, -0.2) is 54.0 Å². The quantitative estimate of drug-likeness (QED) is 0.707. The Balaban J connectivity index is 1.44. The summed E-state index contributed by atoms with van der Waals surface area (Å²) in [7, 11) is 0. The van der Waals surface area contributed by atoms with Gasteiger partial charge in [-0.25, -0.2) is 0 Å². The summed E-state index contributed by atoms with van der Waals surface area (Å²) in [5, 5.41) is 12.3. The summed E-state index contributed by atoms with van der Waals surface area (Å²) < 4.78 is 0. The smallest absolute Gasteiger partial charge is 0.307 e. The maximum absolute atomic E-state index is 13.2. The first-order valence-corrected chi connectivity index (χ1v) is 10.9. The number of carbonyl (C=O) groups excluding carboxylic acids is 2. The number of benzene rings is 2. The molecule has 2 aromatic rings. The SMILES string of the molecule is O=C(O)[C@H]1CC=CC[C@@H]1C(=O)Nc1ccccc1C(=O)N1CCN(c2ccccc2)CC1. The van der Waals surface area contributed by atoms with Crippen LogP contribution in [0.4, 0.5) is 11.4 Å². The number of aliphatic carboxylic acids is 1. The highest BCUT2D eigenvalue weighted by molar-refractivity contribution is 6.04. The zero-order valence-electron chi connectivity index (χ0n) is 17.8. The van der Waals surface area contributed by atoms with E-state index in [9.17, 15) is 19.5 Å². The van der Waals surface area contributed by atoms with E-state index in [2.05, 4.69) is 22.3 Å². The molecule has 32 heavy (non-hydrogen) atoms. The number of nitrogens with zero attached hydrogens (tertiary/aromatic N) is 2. The lowest BCUT2D eigenvalue weighted by atomic mass is 9.82. The average Bonchev–Trinajstić information content (AvgIpc) is 2.84. The van der Waals surface area contributed by atoms with Crippen molar-refractivity contribution in [3.8, 4) is 0 Å². The molecule has 0 unspecified atom stereocenters. The average molecular weight is 434 g/mol. The van der Waals surface area contributed by atoms with Gasteiger partial charge in [-0.3, -0.25) is 14.4 Å². The van der Waals surface area contributed by atoms with Gasteiger partial charge in [0.05, 0.1) is 23.1 Å². The Kier molecular flexibility index (Phi) is 6.54. The number of piperazine rings is 1. The fourth-order valence-electron chi connectivity index (χ4n) is 4.36. The molecule has 2 N–H and O–H groups in total. The zero-order valence-corrected chi connectivity index (χ0v) is 17.8. The molecule has 0 aromatic heterocycles. The van der Waals surface area contributed by atoms with Crippen molar-refractivity contribution < 1.29 is 19.5 Å². The number of carboxylic acids is 1. The summed E-state index contributed by atoms with van der Waals surface area (Å²) in [6, 6.07) is 17.0. The van der Waals surface area contributed by atoms with E-state index in [-0.39, 0.29) is 11.8 Å². The van der Waals surface area contributed by atoms with Gasteiger partial charge in [-0.2, -0.15) is 0 Å². The van der Waals surface area contributed by atoms with Crippen LogP contribution in [0.15, 0.2) is 66.7 Å². The summed E-state index contributed by atoms with van der Waals surface area (Å²) in [6.45, 7) is 2.65. The summed E-state index contributed by atoms with van der Waals surface area (Å²) >= 11 is 0. The predicted octanol–water partition coefficient (Wildman–Crippen LogP) is 3.25. The van der Waals surface area contributed by atoms with Gasteiger partial charge in [-0.15, -0.1) is 0 Å². The van der Waals surface area contributed by atoms with Crippen LogP contribution in [0.1, 0.15) is 23.2 Å². The summed E-state index contributed by atoms with van der Waals surface area (Å²) in [6.07, 6.45) is 4.35. The highest BCUT2D eigenvalue weighted by Gasteiger charge is 2.34. The molecule has 2 aromatic carbocycles. The third kappa shape index (κ3) is 4.66. The molecule has 2 atom stereocenters. The molecule has 0 bridgehead atoms. The fraction of sp³-hybridized carbons (Fsp3) is 0.320. The van der Waals surface area contributed by atoms with Crippen molar-refractivity contribution in [1.29, 1.82) is 0 Å². The van der Waals surface area contributed by atoms with Crippen LogP contribution < -0.4 is 10.2 Å². The molecule has 0 spiro atoms. The van der Waals surface area contributed by atoms with E-state index in [1.165, 1.54) is 0 Å². The molecule has 1 fully saturated rings. The minimum atomic E-state index is -0.977. The topological polar surface area (TPSA) is 89.9 Å². The van der Waals surface area contributed by atoms with Gasteiger partial charge in [-0.1, -0.05) is 42.5 Å². The van der Waals surface area contributed by atoms with Crippen molar-refractivity contribution in [2.24, 2.45) is 11.8 Å². The second kappa shape index (κ2) is 9.68. The highest BCUT2D eigenvalue weighted by Crippen LogP contribution is 2.28. The van der Waals surface area contributed by atoms with Crippen molar-refractivity contribution in [1.82, 2.24) is 4.90 Å². The number of carbonyl (C=O) groups is 3. The van der Waals surface area contributed by atoms with Crippen molar-refractivity contribution >= 4 is 29.2 Å². The predicted molar refractivity (Wildman–Crippen MR) is 123 cm³/mol. The number of carboxylic acid groups (broad SMARTS) is 1. The van der Waals surface area contributed by atoms with Crippen molar-refractivity contribution in [2.75, 3.05) is 36.4 Å². The molecule has 2 amide bonds. The Bertz CT molecular complexity index is 1010. The maximum Gasteiger partial charge on any atom is 0.307 e. The second-order valence-electron chi connectivity index (χ2n) is 8.14. The van der Waals surface area contributed by atoms with Crippen molar-refractivity contribution in [3.05, 3.63) is 72.3 Å². The Morgan fingerprint density at radius 1 is 0.812 bits per heavy atom. The van der Waals surface area contributed by atoms with E-state index in [4.69, 9.17) is 0 Å². The Morgan fingerprint density at radius 2 is 1.44 bits per heavy atom. The number of anilines is 2. The van der Waals surface area contributed by atoms with E-state index < -0.39 is 17.8 Å². The third-order valence-electron chi connectivity index (χ3n) is 6.19. The first kappa shape index (κ1) is 21.6. The zero-order chi connectivity index (χ0) is 22.5. The molecule has 166 valence electrons. The molecule has 1 aliphatic heterocycles. The number of para-hydroxylation sites is 2. The number of nitrogens with one attached hydrogen (secondary N) is 1. The Labute approximate surface area is 187 Å². The fourth-order valence-corrected chi connectivity index (χ4v) is 4.36. The first-order chi connectivity index (χ1) is 15.5. The van der Waals surface area contributed by atoms with E-state index in [1.807, 2.05) is 24.3 Å². The number of allylic oxidation sites excluding steroid dienone is 2. The standard InChI is InChI=1S/C25H27N3O4/c29-23(19-10-4-5-11-20(19)25(31)32)26-22-13-7-6-12-21(22)24(30)28-16-14-27(15-17-28)18-8-2-1-3-9-18/h1-9,12-13,19-20H,10-11,14-17H2,(H,26,29)(H,31,32)/t19-,20-/m0/s1. The minimum absolute atomic E-state index is 0.132. The molecular weight excluding hydrogens is 406 g/mol. The van der Waals surface area contributed by atoms with Gasteiger partial charge in [0.25, 0.3) is 5.91 Å². The largest absolute Gasteiger partial charge is 0.481 e. The van der Waals surface area contributed by atoms with Crippen LogP contribution in [0.3, 0.4) is 0 Å². The Hall–Kier alpha value is -3.61. The molecule has 0 saturated carbocycles. The number of hydrogen-bond acceptors (Lipinski definition) is 4. The monoisotopic (exact) mass is 433 g/mol. The van der Waals surface area contributed by atoms with Gasteiger partial charge < -0.3 is 20.2 Å². The van der Waals surface area contributed by atoms with Crippen LogP contribution in [0.5, 0.6) is 0 Å². The molecule has 7 heteroatoms. The molecule has 1 aliphatic carbocycles. The molecule has 0 radical (unpaired) electrons. The van der Waals surface area contributed by atoms with E-state index in [0.29, 0.717) is 37.2 Å². The Morgan fingerprint density at radius 3 is 2.12 bits per heavy atom. The lowest BCUT2D eigenvalue weighted by Gasteiger charge is -2.36.